The van der Waals surface area contributed by atoms with Gasteiger partial charge in [-0.1, -0.05) is 30.3 Å². The van der Waals surface area contributed by atoms with E-state index in [4.69, 9.17) is 0 Å². The molecule has 0 aliphatic carbocycles. The molecule has 22 heavy (non-hydrogen) atoms. The van der Waals surface area contributed by atoms with Gasteiger partial charge in [0.2, 0.25) is 0 Å². The second-order valence-electron chi connectivity index (χ2n) is 5.09. The molecule has 0 spiro atoms. The number of nitro groups is 1. The summed E-state index contributed by atoms with van der Waals surface area (Å²) in [5.41, 5.74) is 3.96. The average molecular weight is 289 g/mol. The summed E-state index contributed by atoms with van der Waals surface area (Å²) in [6.07, 6.45) is 1.53. The summed E-state index contributed by atoms with van der Waals surface area (Å²) in [5.74, 6) is -0.143. The maximum atomic E-state index is 10.7. The van der Waals surface area contributed by atoms with Crippen LogP contribution in [0.3, 0.4) is 0 Å². The van der Waals surface area contributed by atoms with Crippen molar-refractivity contribution in [1.82, 2.24) is 9.97 Å². The van der Waals surface area contributed by atoms with Crippen LogP contribution in [0.4, 0.5) is 5.82 Å². The lowest BCUT2D eigenvalue weighted by atomic mass is 10.1. The minimum absolute atomic E-state index is 0.143. The number of rotatable bonds is 2. The van der Waals surface area contributed by atoms with Crippen molar-refractivity contribution in [3.05, 3.63) is 70.9 Å². The highest BCUT2D eigenvalue weighted by molar-refractivity contribution is 6.08. The molecule has 0 atom stereocenters. The van der Waals surface area contributed by atoms with Crippen molar-refractivity contribution in [3.63, 3.8) is 0 Å². The van der Waals surface area contributed by atoms with Crippen LogP contribution in [0.1, 0.15) is 0 Å². The zero-order valence-electron chi connectivity index (χ0n) is 11.5. The highest BCUT2D eigenvalue weighted by Crippen LogP contribution is 2.29. The Balaban J connectivity index is 1.85. The number of hydrogen-bond donors (Lipinski definition) is 1. The van der Waals surface area contributed by atoms with Gasteiger partial charge >= 0.3 is 5.82 Å². The summed E-state index contributed by atoms with van der Waals surface area (Å²) < 4.78 is 0. The van der Waals surface area contributed by atoms with E-state index in [0.29, 0.717) is 0 Å². The second kappa shape index (κ2) is 4.66. The number of benzene rings is 2. The van der Waals surface area contributed by atoms with Crippen molar-refractivity contribution in [2.75, 3.05) is 0 Å². The molecule has 0 aliphatic heterocycles. The van der Waals surface area contributed by atoms with Crippen LogP contribution in [0.15, 0.2) is 60.8 Å². The molecule has 0 bridgehead atoms. The maximum Gasteiger partial charge on any atom is 0.363 e. The Bertz CT molecular complexity index is 1000. The van der Waals surface area contributed by atoms with E-state index in [1.165, 1.54) is 17.6 Å². The molecule has 0 unspecified atom stereocenters. The van der Waals surface area contributed by atoms with Crippen LogP contribution in [-0.2, 0) is 0 Å². The van der Waals surface area contributed by atoms with Gasteiger partial charge in [-0.2, -0.15) is 0 Å². The van der Waals surface area contributed by atoms with Crippen molar-refractivity contribution in [1.29, 1.82) is 0 Å². The normalized spacial score (nSPS) is 11.1. The van der Waals surface area contributed by atoms with Gasteiger partial charge < -0.3 is 15.1 Å². The molecule has 0 radical (unpaired) electrons. The SMILES string of the molecule is O=[N+]([O-])c1ccc(-c2ccc3c(c2)[nH]c2ccccc23)cn1. The molecule has 5 heteroatoms. The first-order valence-electron chi connectivity index (χ1n) is 6.84. The number of nitrogens with zero attached hydrogens (tertiary/aromatic N) is 2. The molecule has 2 heterocycles. The number of nitrogens with one attached hydrogen (secondary N) is 1. The average Bonchev–Trinajstić information content (AvgIpc) is 2.92. The van der Waals surface area contributed by atoms with Crippen molar-refractivity contribution < 1.29 is 4.92 Å². The van der Waals surface area contributed by atoms with Crippen LogP contribution in [0.2, 0.25) is 0 Å². The highest BCUT2D eigenvalue weighted by atomic mass is 16.6. The molecule has 4 aromatic rings. The zero-order chi connectivity index (χ0) is 15.1. The van der Waals surface area contributed by atoms with Gasteiger partial charge in [-0.15, -0.1) is 0 Å². The Kier molecular flexibility index (Phi) is 2.66. The fraction of sp³-hybridized carbons (Fsp3) is 0. The van der Waals surface area contributed by atoms with Crippen molar-refractivity contribution >= 4 is 27.6 Å². The Morgan fingerprint density at radius 2 is 1.68 bits per heavy atom. The number of aromatic amines is 1. The Morgan fingerprint density at radius 1 is 0.909 bits per heavy atom. The van der Waals surface area contributed by atoms with Crippen molar-refractivity contribution in [2.45, 2.75) is 0 Å². The first kappa shape index (κ1) is 12.5. The lowest BCUT2D eigenvalue weighted by Crippen LogP contribution is -1.91. The van der Waals surface area contributed by atoms with E-state index in [9.17, 15) is 10.1 Å². The fourth-order valence-electron chi connectivity index (χ4n) is 2.70. The number of aromatic nitrogens is 2. The fourth-order valence-corrected chi connectivity index (χ4v) is 2.70. The molecule has 0 saturated carbocycles. The van der Waals surface area contributed by atoms with Gasteiger partial charge in [0.15, 0.2) is 0 Å². The van der Waals surface area contributed by atoms with Crippen molar-refractivity contribution in [3.8, 4) is 11.1 Å². The Morgan fingerprint density at radius 3 is 2.45 bits per heavy atom. The monoisotopic (exact) mass is 289 g/mol. The van der Waals surface area contributed by atoms with Crippen LogP contribution in [0, 0.1) is 10.1 Å². The van der Waals surface area contributed by atoms with Crippen LogP contribution in [0.5, 0.6) is 0 Å². The van der Waals surface area contributed by atoms with Gasteiger partial charge in [0.05, 0.1) is 0 Å². The first-order valence-corrected chi connectivity index (χ1v) is 6.84. The van der Waals surface area contributed by atoms with Gasteiger partial charge in [0.1, 0.15) is 6.20 Å². The summed E-state index contributed by atoms with van der Waals surface area (Å²) in [4.78, 5) is 17.4. The maximum absolute atomic E-state index is 10.7. The largest absolute Gasteiger partial charge is 0.363 e. The predicted octanol–water partition coefficient (Wildman–Crippen LogP) is 4.29. The summed E-state index contributed by atoms with van der Waals surface area (Å²) in [6, 6.07) is 17.4. The minimum atomic E-state index is -0.495. The van der Waals surface area contributed by atoms with E-state index in [2.05, 4.69) is 22.1 Å². The number of hydrogen-bond acceptors (Lipinski definition) is 3. The van der Waals surface area contributed by atoms with E-state index >= 15 is 0 Å². The molecule has 106 valence electrons. The quantitative estimate of drug-likeness (QED) is 0.442. The zero-order valence-corrected chi connectivity index (χ0v) is 11.5. The Hall–Kier alpha value is -3.21. The summed E-state index contributed by atoms with van der Waals surface area (Å²) in [6.45, 7) is 0. The van der Waals surface area contributed by atoms with Crippen LogP contribution in [-0.4, -0.2) is 14.9 Å². The Labute approximate surface area is 125 Å². The predicted molar refractivity (Wildman–Crippen MR) is 85.7 cm³/mol. The molecule has 5 nitrogen and oxygen atoms in total. The summed E-state index contributed by atoms with van der Waals surface area (Å²) in [7, 11) is 0. The van der Waals surface area contributed by atoms with Crippen LogP contribution in [0.25, 0.3) is 32.9 Å². The third kappa shape index (κ3) is 1.91. The number of H-pyrrole nitrogens is 1. The van der Waals surface area contributed by atoms with Gasteiger partial charge in [-0.25, -0.2) is 0 Å². The molecular formula is C17H11N3O2. The van der Waals surface area contributed by atoms with Gasteiger partial charge in [-0.05, 0) is 33.7 Å². The van der Waals surface area contributed by atoms with E-state index < -0.39 is 4.92 Å². The smallest absolute Gasteiger partial charge is 0.358 e. The van der Waals surface area contributed by atoms with Gasteiger partial charge in [0, 0.05) is 33.4 Å². The molecule has 2 aromatic carbocycles. The summed E-state index contributed by atoms with van der Waals surface area (Å²) in [5, 5.41) is 13.0. The summed E-state index contributed by atoms with van der Waals surface area (Å²) >= 11 is 0. The lowest BCUT2D eigenvalue weighted by Gasteiger charge is -2.00. The molecule has 0 amide bonds. The van der Waals surface area contributed by atoms with Gasteiger partial charge in [-0.3, -0.25) is 0 Å². The highest BCUT2D eigenvalue weighted by Gasteiger charge is 2.09. The van der Waals surface area contributed by atoms with Crippen molar-refractivity contribution in [2.24, 2.45) is 0 Å². The molecule has 2 aromatic heterocycles. The molecule has 4 rings (SSSR count). The number of para-hydroxylation sites is 1. The van der Waals surface area contributed by atoms with E-state index in [1.54, 1.807) is 6.07 Å². The lowest BCUT2D eigenvalue weighted by molar-refractivity contribution is -0.389. The van der Waals surface area contributed by atoms with Gasteiger partial charge in [0.25, 0.3) is 0 Å². The first-order chi connectivity index (χ1) is 10.7. The molecule has 0 aliphatic rings. The van der Waals surface area contributed by atoms with Crippen LogP contribution < -0.4 is 0 Å². The molecule has 0 fully saturated rings. The molecule has 0 saturated heterocycles. The number of pyridine rings is 1. The standard InChI is InChI=1S/C17H11N3O2/c21-20(22)17-8-6-12(10-18-17)11-5-7-14-13-3-1-2-4-15(13)19-16(14)9-11/h1-10,19H. The van der Waals surface area contributed by atoms with E-state index in [-0.39, 0.29) is 5.82 Å². The third-order valence-electron chi connectivity index (χ3n) is 3.77. The second-order valence-corrected chi connectivity index (χ2v) is 5.09. The topological polar surface area (TPSA) is 71.8 Å². The molecular weight excluding hydrogens is 278 g/mol. The number of fused-ring (bicyclic) bond motifs is 3. The third-order valence-corrected chi connectivity index (χ3v) is 3.77. The van der Waals surface area contributed by atoms with E-state index in [0.717, 1.165) is 27.5 Å². The van der Waals surface area contributed by atoms with E-state index in [1.807, 2.05) is 30.3 Å². The molecule has 1 N–H and O–H groups in total. The van der Waals surface area contributed by atoms with Crippen LogP contribution >= 0.6 is 0 Å². The minimum Gasteiger partial charge on any atom is -0.358 e.